The Morgan fingerprint density at radius 2 is 2.07 bits per heavy atom. The first-order valence-electron chi connectivity index (χ1n) is 5.44. The van der Waals surface area contributed by atoms with Crippen molar-refractivity contribution in [3.8, 4) is 0 Å². The molecule has 0 aromatic heterocycles. The molecule has 1 aliphatic rings. The third-order valence-corrected chi connectivity index (χ3v) is 2.38. The lowest BCUT2D eigenvalue weighted by Gasteiger charge is -2.17. The van der Waals surface area contributed by atoms with Gasteiger partial charge in [-0.05, 0) is 52.4 Å². The van der Waals surface area contributed by atoms with Crippen LogP contribution in [0.3, 0.4) is 0 Å². The number of allylic oxidation sites excluding steroid dienone is 1. The van der Waals surface area contributed by atoms with Gasteiger partial charge in [0.1, 0.15) is 5.76 Å². The van der Waals surface area contributed by atoms with E-state index < -0.39 is 0 Å². The molecule has 1 saturated carbocycles. The smallest absolute Gasteiger partial charge is 0.109 e. The summed E-state index contributed by atoms with van der Waals surface area (Å²) in [4.78, 5) is 0. The standard InChI is InChI=1S/C11H22N2O/c1-9(6-7-12-2)14-11(8-13-3)10-4-5-10/h9,12-13H,4-8H2,1-3H3. The Balaban J connectivity index is 2.29. The van der Waals surface area contributed by atoms with Crippen LogP contribution in [-0.4, -0.2) is 33.3 Å². The average Bonchev–Trinajstić information content (AvgIpc) is 2.97. The largest absolute Gasteiger partial charge is 0.494 e. The summed E-state index contributed by atoms with van der Waals surface area (Å²) < 4.78 is 5.89. The molecule has 0 spiro atoms. The van der Waals surface area contributed by atoms with Gasteiger partial charge < -0.3 is 15.4 Å². The van der Waals surface area contributed by atoms with Crippen LogP contribution < -0.4 is 10.6 Å². The second kappa shape index (κ2) is 6.04. The van der Waals surface area contributed by atoms with E-state index >= 15 is 0 Å². The van der Waals surface area contributed by atoms with Crippen molar-refractivity contribution in [1.82, 2.24) is 10.6 Å². The van der Waals surface area contributed by atoms with Crippen LogP contribution in [0.4, 0.5) is 0 Å². The Bertz CT molecular complexity index is 195. The number of likely N-dealkylation sites (N-methyl/N-ethyl adjacent to an activating group) is 1. The summed E-state index contributed by atoms with van der Waals surface area (Å²) >= 11 is 0. The predicted octanol–water partition coefficient (Wildman–Crippen LogP) is 1.27. The van der Waals surface area contributed by atoms with Gasteiger partial charge in [0.05, 0.1) is 12.6 Å². The zero-order chi connectivity index (χ0) is 10.4. The van der Waals surface area contributed by atoms with E-state index in [1.165, 1.54) is 24.2 Å². The number of rotatable bonds is 7. The third-order valence-electron chi connectivity index (χ3n) is 2.38. The molecule has 1 fully saturated rings. The minimum atomic E-state index is 0.318. The first kappa shape index (κ1) is 11.5. The van der Waals surface area contributed by atoms with Crippen molar-refractivity contribution >= 4 is 0 Å². The summed E-state index contributed by atoms with van der Waals surface area (Å²) in [6.45, 7) is 4.03. The maximum absolute atomic E-state index is 5.89. The molecule has 1 unspecified atom stereocenters. The van der Waals surface area contributed by atoms with Crippen molar-refractivity contribution < 1.29 is 4.74 Å². The van der Waals surface area contributed by atoms with Crippen LogP contribution in [0.2, 0.25) is 0 Å². The maximum atomic E-state index is 5.89. The highest BCUT2D eigenvalue weighted by Gasteiger charge is 2.19. The number of hydrogen-bond donors (Lipinski definition) is 2. The van der Waals surface area contributed by atoms with Crippen LogP contribution in [0, 0.1) is 0 Å². The molecule has 3 nitrogen and oxygen atoms in total. The molecule has 0 radical (unpaired) electrons. The number of ether oxygens (including phenoxy) is 1. The fraction of sp³-hybridized carbons (Fsp3) is 0.818. The van der Waals surface area contributed by atoms with E-state index in [0.29, 0.717) is 6.10 Å². The van der Waals surface area contributed by atoms with Crippen LogP contribution in [0.25, 0.3) is 0 Å². The molecule has 0 saturated heterocycles. The van der Waals surface area contributed by atoms with Crippen LogP contribution >= 0.6 is 0 Å². The molecule has 0 amide bonds. The van der Waals surface area contributed by atoms with Crippen molar-refractivity contribution in [3.63, 3.8) is 0 Å². The van der Waals surface area contributed by atoms with Crippen molar-refractivity contribution in [2.24, 2.45) is 0 Å². The number of hydrogen-bond acceptors (Lipinski definition) is 3. The van der Waals surface area contributed by atoms with Gasteiger partial charge in [-0.25, -0.2) is 0 Å². The van der Waals surface area contributed by atoms with Crippen molar-refractivity contribution in [2.75, 3.05) is 27.2 Å². The first-order chi connectivity index (χ1) is 6.77. The molecule has 0 aromatic carbocycles. The van der Waals surface area contributed by atoms with Gasteiger partial charge in [-0.2, -0.15) is 0 Å². The van der Waals surface area contributed by atoms with E-state index in [1.807, 2.05) is 14.1 Å². The van der Waals surface area contributed by atoms with Crippen molar-refractivity contribution in [2.45, 2.75) is 32.3 Å². The second-order valence-corrected chi connectivity index (χ2v) is 3.88. The Hall–Kier alpha value is -0.540. The van der Waals surface area contributed by atoms with E-state index in [0.717, 1.165) is 19.5 Å². The van der Waals surface area contributed by atoms with E-state index in [2.05, 4.69) is 17.6 Å². The Morgan fingerprint density at radius 1 is 1.36 bits per heavy atom. The molecule has 0 aromatic rings. The van der Waals surface area contributed by atoms with Gasteiger partial charge in [0.25, 0.3) is 0 Å². The minimum absolute atomic E-state index is 0.318. The van der Waals surface area contributed by atoms with Gasteiger partial charge in [0, 0.05) is 0 Å². The lowest BCUT2D eigenvalue weighted by atomic mass is 10.3. The average molecular weight is 198 g/mol. The molecule has 1 aliphatic carbocycles. The van der Waals surface area contributed by atoms with E-state index in [4.69, 9.17) is 4.74 Å². The van der Waals surface area contributed by atoms with Gasteiger partial charge in [0.2, 0.25) is 0 Å². The maximum Gasteiger partial charge on any atom is 0.109 e. The highest BCUT2D eigenvalue weighted by Crippen LogP contribution is 2.32. The summed E-state index contributed by atoms with van der Waals surface area (Å²) in [6.07, 6.45) is 3.85. The highest BCUT2D eigenvalue weighted by molar-refractivity contribution is 5.22. The van der Waals surface area contributed by atoms with Crippen molar-refractivity contribution in [3.05, 3.63) is 11.3 Å². The lowest BCUT2D eigenvalue weighted by Crippen LogP contribution is -2.20. The van der Waals surface area contributed by atoms with E-state index in [1.54, 1.807) is 0 Å². The van der Waals surface area contributed by atoms with Crippen LogP contribution in [-0.2, 0) is 4.74 Å². The van der Waals surface area contributed by atoms with Crippen LogP contribution in [0.5, 0.6) is 0 Å². The SMILES string of the molecule is CNCCC(C)OC(CNC)=C1CC1. The van der Waals surface area contributed by atoms with Crippen LogP contribution in [0.15, 0.2) is 11.3 Å². The molecule has 0 bridgehead atoms. The Labute approximate surface area is 86.9 Å². The fourth-order valence-electron chi connectivity index (χ4n) is 1.40. The zero-order valence-corrected chi connectivity index (χ0v) is 9.52. The highest BCUT2D eigenvalue weighted by atomic mass is 16.5. The Morgan fingerprint density at radius 3 is 2.57 bits per heavy atom. The summed E-state index contributed by atoms with van der Waals surface area (Å²) in [5, 5.41) is 6.29. The summed E-state index contributed by atoms with van der Waals surface area (Å²) in [5.41, 5.74) is 1.50. The topological polar surface area (TPSA) is 33.3 Å². The molecule has 0 aliphatic heterocycles. The van der Waals surface area contributed by atoms with Gasteiger partial charge >= 0.3 is 0 Å². The lowest BCUT2D eigenvalue weighted by molar-refractivity contribution is 0.119. The molecular formula is C11H22N2O. The molecule has 3 heteroatoms. The molecule has 82 valence electrons. The van der Waals surface area contributed by atoms with E-state index in [-0.39, 0.29) is 0 Å². The van der Waals surface area contributed by atoms with Gasteiger partial charge in [-0.3, -0.25) is 0 Å². The van der Waals surface area contributed by atoms with Crippen LogP contribution in [0.1, 0.15) is 26.2 Å². The fourth-order valence-corrected chi connectivity index (χ4v) is 1.40. The predicted molar refractivity (Wildman–Crippen MR) is 59.3 cm³/mol. The Kier molecular flexibility index (Phi) is 4.98. The first-order valence-corrected chi connectivity index (χ1v) is 5.44. The molecule has 1 atom stereocenters. The molecule has 2 N–H and O–H groups in total. The normalized spacial score (nSPS) is 16.6. The van der Waals surface area contributed by atoms with E-state index in [9.17, 15) is 0 Å². The molecule has 14 heavy (non-hydrogen) atoms. The monoisotopic (exact) mass is 198 g/mol. The molecule has 0 heterocycles. The molecular weight excluding hydrogens is 176 g/mol. The number of nitrogens with one attached hydrogen (secondary N) is 2. The second-order valence-electron chi connectivity index (χ2n) is 3.88. The van der Waals surface area contributed by atoms with Gasteiger partial charge in [0.15, 0.2) is 0 Å². The summed E-state index contributed by atoms with van der Waals surface area (Å²) in [6, 6.07) is 0. The quantitative estimate of drug-likeness (QED) is 0.604. The van der Waals surface area contributed by atoms with Crippen molar-refractivity contribution in [1.29, 1.82) is 0 Å². The molecule has 1 rings (SSSR count). The minimum Gasteiger partial charge on any atom is -0.494 e. The van der Waals surface area contributed by atoms with Gasteiger partial charge in [-0.1, -0.05) is 0 Å². The summed E-state index contributed by atoms with van der Waals surface area (Å²) in [7, 11) is 3.94. The third kappa shape index (κ3) is 4.11. The van der Waals surface area contributed by atoms with Gasteiger partial charge in [-0.15, -0.1) is 0 Å². The summed E-state index contributed by atoms with van der Waals surface area (Å²) in [5.74, 6) is 1.18. The zero-order valence-electron chi connectivity index (χ0n) is 9.52.